The van der Waals surface area contributed by atoms with Gasteiger partial charge in [-0.05, 0) is 42.4 Å². The molecule has 0 saturated heterocycles. The highest BCUT2D eigenvalue weighted by Gasteiger charge is 2.31. The van der Waals surface area contributed by atoms with Crippen LogP contribution >= 0.6 is 12.2 Å². The van der Waals surface area contributed by atoms with Gasteiger partial charge in [0.1, 0.15) is 11.4 Å². The molecule has 4 aromatic rings. The number of aromatic amines is 2. The molecule has 0 spiro atoms. The first kappa shape index (κ1) is 17.8. The summed E-state index contributed by atoms with van der Waals surface area (Å²) in [5.41, 5.74) is 2.53. The van der Waals surface area contributed by atoms with E-state index in [-0.39, 0.29) is 21.9 Å². The fourth-order valence-corrected chi connectivity index (χ4v) is 4.36. The number of nitrogens with zero attached hydrogens (tertiary/aromatic N) is 1. The van der Waals surface area contributed by atoms with Crippen LogP contribution in [0.5, 0.6) is 5.88 Å². The zero-order chi connectivity index (χ0) is 20.1. The number of hydrogen-bond donors (Lipinski definition) is 4. The lowest BCUT2D eigenvalue weighted by atomic mass is 9.95. The molecule has 2 aromatic heterocycles. The first-order valence-electron chi connectivity index (χ1n) is 9.22. The van der Waals surface area contributed by atoms with Crippen molar-refractivity contribution in [2.45, 2.75) is 12.5 Å². The number of halogens is 1. The van der Waals surface area contributed by atoms with Gasteiger partial charge in [0.25, 0.3) is 5.56 Å². The van der Waals surface area contributed by atoms with E-state index in [9.17, 15) is 14.3 Å². The number of benzene rings is 2. The van der Waals surface area contributed by atoms with Crippen LogP contribution in [0.3, 0.4) is 0 Å². The largest absolute Gasteiger partial charge is 0.494 e. The Labute approximate surface area is 169 Å². The van der Waals surface area contributed by atoms with Gasteiger partial charge in [0, 0.05) is 23.1 Å². The van der Waals surface area contributed by atoms with Crippen molar-refractivity contribution in [1.82, 2.24) is 19.9 Å². The number of nitrogens with one attached hydrogen (secondary N) is 3. The van der Waals surface area contributed by atoms with E-state index in [1.165, 1.54) is 12.1 Å². The van der Waals surface area contributed by atoms with Gasteiger partial charge in [0.05, 0.1) is 11.7 Å². The topological polar surface area (TPSA) is 85.8 Å². The van der Waals surface area contributed by atoms with Crippen molar-refractivity contribution in [2.24, 2.45) is 0 Å². The average Bonchev–Trinajstić information content (AvgIpc) is 3.09. The van der Waals surface area contributed by atoms with Gasteiger partial charge in [0.2, 0.25) is 5.88 Å². The number of aromatic hydroxyl groups is 1. The fourth-order valence-electron chi connectivity index (χ4n) is 4.08. The molecule has 1 aliphatic heterocycles. The highest BCUT2D eigenvalue weighted by atomic mass is 32.1. The summed E-state index contributed by atoms with van der Waals surface area (Å²) in [5, 5.41) is 15.4. The van der Waals surface area contributed by atoms with Gasteiger partial charge in [-0.2, -0.15) is 0 Å². The molecule has 2 aromatic carbocycles. The zero-order valence-electron chi connectivity index (χ0n) is 15.2. The second-order valence-electron chi connectivity index (χ2n) is 6.98. The third kappa shape index (κ3) is 2.72. The Morgan fingerprint density at radius 2 is 1.86 bits per heavy atom. The molecule has 6 nitrogen and oxygen atoms in total. The lowest BCUT2D eigenvalue weighted by molar-refractivity contribution is 0.409. The molecule has 0 bridgehead atoms. The van der Waals surface area contributed by atoms with Crippen LogP contribution in [0.2, 0.25) is 0 Å². The molecule has 1 aliphatic rings. The van der Waals surface area contributed by atoms with Crippen LogP contribution in [0.4, 0.5) is 4.39 Å². The summed E-state index contributed by atoms with van der Waals surface area (Å²) in [5.74, 6) is -0.937. The van der Waals surface area contributed by atoms with E-state index in [2.05, 4.69) is 15.3 Å². The maximum atomic E-state index is 14.4. The van der Waals surface area contributed by atoms with Gasteiger partial charge in [-0.15, -0.1) is 0 Å². The SMILES string of the molecule is O=c1[nH]c(=S)n(-c2ccccc2F)c(O)c1[C@H]1NCCc2c1[nH]c1ccccc21. The first-order chi connectivity index (χ1) is 14.1. The van der Waals surface area contributed by atoms with Crippen LogP contribution in [0.1, 0.15) is 22.9 Å². The Bertz CT molecular complexity index is 1370. The van der Waals surface area contributed by atoms with E-state index >= 15 is 0 Å². The molecule has 0 fully saturated rings. The average molecular weight is 408 g/mol. The quantitative estimate of drug-likeness (QED) is 0.383. The molecule has 0 aliphatic carbocycles. The third-order valence-corrected chi connectivity index (χ3v) is 5.65. The normalized spacial score (nSPS) is 16.1. The van der Waals surface area contributed by atoms with Crippen molar-refractivity contribution in [2.75, 3.05) is 6.54 Å². The minimum Gasteiger partial charge on any atom is -0.494 e. The Morgan fingerprint density at radius 3 is 2.69 bits per heavy atom. The minimum absolute atomic E-state index is 0.0696. The summed E-state index contributed by atoms with van der Waals surface area (Å²) in [4.78, 5) is 18.8. The van der Waals surface area contributed by atoms with Gasteiger partial charge >= 0.3 is 0 Å². The highest BCUT2D eigenvalue weighted by molar-refractivity contribution is 7.71. The second kappa shape index (κ2) is 6.68. The van der Waals surface area contributed by atoms with Crippen LogP contribution in [0.15, 0.2) is 53.3 Å². The molecule has 1 atom stereocenters. The van der Waals surface area contributed by atoms with Crippen LogP contribution in [0.25, 0.3) is 16.6 Å². The number of aromatic nitrogens is 3. The Kier molecular flexibility index (Phi) is 4.11. The number of para-hydroxylation sites is 2. The third-order valence-electron chi connectivity index (χ3n) is 5.36. The molecule has 0 radical (unpaired) electrons. The summed E-state index contributed by atoms with van der Waals surface area (Å²) in [6, 6.07) is 13.3. The second-order valence-corrected chi connectivity index (χ2v) is 7.37. The predicted molar refractivity (Wildman–Crippen MR) is 111 cm³/mol. The molecule has 0 amide bonds. The van der Waals surface area contributed by atoms with E-state index in [1.807, 2.05) is 24.3 Å². The number of fused-ring (bicyclic) bond motifs is 3. The summed E-state index contributed by atoms with van der Waals surface area (Å²) >= 11 is 5.21. The van der Waals surface area contributed by atoms with Crippen molar-refractivity contribution in [1.29, 1.82) is 0 Å². The van der Waals surface area contributed by atoms with Crippen LogP contribution < -0.4 is 10.9 Å². The van der Waals surface area contributed by atoms with Gasteiger partial charge < -0.3 is 15.4 Å². The molecule has 29 heavy (non-hydrogen) atoms. The van der Waals surface area contributed by atoms with Crippen molar-refractivity contribution in [3.05, 3.63) is 86.3 Å². The molecule has 0 unspecified atom stereocenters. The van der Waals surface area contributed by atoms with E-state index in [4.69, 9.17) is 12.2 Å². The molecule has 8 heteroatoms. The summed E-state index contributed by atoms with van der Waals surface area (Å²) < 4.78 is 15.5. The van der Waals surface area contributed by atoms with Crippen molar-refractivity contribution in [3.63, 3.8) is 0 Å². The van der Waals surface area contributed by atoms with Gasteiger partial charge in [-0.25, -0.2) is 4.39 Å². The number of rotatable bonds is 2. The van der Waals surface area contributed by atoms with Gasteiger partial charge in [0.15, 0.2) is 4.77 Å². The van der Waals surface area contributed by atoms with Crippen LogP contribution in [0, 0.1) is 10.6 Å². The first-order valence-corrected chi connectivity index (χ1v) is 9.63. The predicted octanol–water partition coefficient (Wildman–Crippen LogP) is 3.46. The standard InChI is InChI=1S/C21H17FN4O2S/c22-13-6-2-4-8-15(13)26-20(28)16(19(27)25-21(26)29)18-17-12(9-10-23-18)11-5-1-3-7-14(11)24-17/h1-8,18,23-24,28H,9-10H2,(H,25,27,29)/t18-/m1/s1. The fraction of sp³-hybridized carbons (Fsp3) is 0.143. The zero-order valence-corrected chi connectivity index (χ0v) is 16.0. The molecule has 146 valence electrons. The van der Waals surface area contributed by atoms with Crippen molar-refractivity contribution < 1.29 is 9.50 Å². The minimum atomic E-state index is -0.580. The summed E-state index contributed by atoms with van der Waals surface area (Å²) in [6.45, 7) is 0.633. The van der Waals surface area contributed by atoms with E-state index < -0.39 is 17.4 Å². The monoisotopic (exact) mass is 408 g/mol. The maximum absolute atomic E-state index is 14.4. The molecular weight excluding hydrogens is 391 g/mol. The number of hydrogen-bond acceptors (Lipinski definition) is 4. The van der Waals surface area contributed by atoms with Crippen LogP contribution in [-0.4, -0.2) is 26.2 Å². The summed E-state index contributed by atoms with van der Waals surface area (Å²) in [7, 11) is 0. The number of H-pyrrole nitrogens is 2. The molecule has 5 rings (SSSR count). The Hall–Kier alpha value is -3.23. The molecule has 0 saturated carbocycles. The highest BCUT2D eigenvalue weighted by Crippen LogP contribution is 2.35. The van der Waals surface area contributed by atoms with Crippen LogP contribution in [-0.2, 0) is 6.42 Å². The molecule has 4 N–H and O–H groups in total. The Balaban J connectivity index is 1.77. The van der Waals surface area contributed by atoms with E-state index in [1.54, 1.807) is 12.1 Å². The smallest absolute Gasteiger partial charge is 0.260 e. The van der Waals surface area contributed by atoms with E-state index in [0.29, 0.717) is 6.54 Å². The molecule has 3 heterocycles. The maximum Gasteiger partial charge on any atom is 0.260 e. The van der Waals surface area contributed by atoms with Crippen molar-refractivity contribution >= 4 is 23.1 Å². The lowest BCUT2D eigenvalue weighted by Crippen LogP contribution is -2.35. The summed E-state index contributed by atoms with van der Waals surface area (Å²) in [6.07, 6.45) is 0.793. The van der Waals surface area contributed by atoms with Crippen molar-refractivity contribution in [3.8, 4) is 11.6 Å². The van der Waals surface area contributed by atoms with Gasteiger partial charge in [-0.1, -0.05) is 30.3 Å². The Morgan fingerprint density at radius 1 is 1.10 bits per heavy atom. The van der Waals surface area contributed by atoms with Gasteiger partial charge in [-0.3, -0.25) is 14.3 Å². The molecular formula is C21H17FN4O2S. The van der Waals surface area contributed by atoms with E-state index in [0.717, 1.165) is 33.1 Å². The lowest BCUT2D eigenvalue weighted by Gasteiger charge is -2.25.